The Hall–Kier alpha value is -1.35. The molecule has 69 valence electrons. The summed E-state index contributed by atoms with van der Waals surface area (Å²) in [5.74, 6) is -0.324. The van der Waals surface area contributed by atoms with Gasteiger partial charge >= 0.3 is 0 Å². The predicted octanol–water partition coefficient (Wildman–Crippen LogP) is 0.994. The number of hydrogen-bond acceptors (Lipinski definition) is 2. The summed E-state index contributed by atoms with van der Waals surface area (Å²) in [6.07, 6.45) is 0.638. The van der Waals surface area contributed by atoms with E-state index in [-0.39, 0.29) is 12.5 Å². The van der Waals surface area contributed by atoms with Crippen molar-refractivity contribution in [2.75, 3.05) is 11.9 Å². The minimum absolute atomic E-state index is 0.140. The summed E-state index contributed by atoms with van der Waals surface area (Å²) in [6.45, 7) is 3.34. The summed E-state index contributed by atoms with van der Waals surface area (Å²) in [7, 11) is 0. The van der Waals surface area contributed by atoms with E-state index in [1.807, 2.05) is 12.1 Å². The molecule has 0 spiro atoms. The number of aliphatic hydroxyl groups excluding tert-OH is 1. The van der Waals surface area contributed by atoms with Gasteiger partial charge in [0.2, 0.25) is 5.91 Å². The number of aliphatic hydroxyl groups is 1. The molecule has 0 fully saturated rings. The van der Waals surface area contributed by atoms with Crippen LogP contribution in [0.4, 0.5) is 5.69 Å². The molecule has 3 heteroatoms. The molecule has 0 aliphatic carbocycles. The molecule has 1 rings (SSSR count). The number of carbonyl (C=O) groups is 1. The van der Waals surface area contributed by atoms with Crippen LogP contribution in [0, 0.1) is 6.92 Å². The normalized spacial score (nSPS) is 9.69. The molecular formula is C10H12NO2. The van der Waals surface area contributed by atoms with Crippen molar-refractivity contribution in [3.05, 3.63) is 36.8 Å². The largest absolute Gasteiger partial charge is 0.396 e. The Morgan fingerprint density at radius 1 is 1.38 bits per heavy atom. The van der Waals surface area contributed by atoms with Gasteiger partial charge in [-0.05, 0) is 24.1 Å². The van der Waals surface area contributed by atoms with Crippen LogP contribution in [0.2, 0.25) is 0 Å². The Morgan fingerprint density at radius 2 is 2.00 bits per heavy atom. The van der Waals surface area contributed by atoms with Crippen LogP contribution in [0.5, 0.6) is 0 Å². The number of benzene rings is 1. The van der Waals surface area contributed by atoms with Crippen molar-refractivity contribution in [1.82, 2.24) is 0 Å². The van der Waals surface area contributed by atoms with Gasteiger partial charge < -0.3 is 10.4 Å². The molecule has 0 saturated carbocycles. The SMILES string of the molecule is [CH2]C(=O)Nc1ccc(CCO)cc1. The molecule has 3 nitrogen and oxygen atoms in total. The molecule has 0 atom stereocenters. The van der Waals surface area contributed by atoms with Crippen LogP contribution in [-0.2, 0) is 11.2 Å². The maximum absolute atomic E-state index is 10.6. The third-order valence-corrected chi connectivity index (χ3v) is 1.64. The van der Waals surface area contributed by atoms with Gasteiger partial charge in [0.15, 0.2) is 0 Å². The van der Waals surface area contributed by atoms with Gasteiger partial charge in [-0.1, -0.05) is 12.1 Å². The summed E-state index contributed by atoms with van der Waals surface area (Å²) < 4.78 is 0. The van der Waals surface area contributed by atoms with Crippen LogP contribution in [0.3, 0.4) is 0 Å². The molecular weight excluding hydrogens is 166 g/mol. The zero-order valence-electron chi connectivity index (χ0n) is 7.29. The van der Waals surface area contributed by atoms with Gasteiger partial charge in [-0.15, -0.1) is 0 Å². The van der Waals surface area contributed by atoms with Gasteiger partial charge in [-0.2, -0.15) is 0 Å². The Labute approximate surface area is 77.4 Å². The highest BCUT2D eigenvalue weighted by atomic mass is 16.2. The van der Waals surface area contributed by atoms with Crippen molar-refractivity contribution in [3.63, 3.8) is 0 Å². The highest BCUT2D eigenvalue weighted by molar-refractivity contribution is 5.93. The van der Waals surface area contributed by atoms with E-state index in [0.29, 0.717) is 6.42 Å². The zero-order chi connectivity index (χ0) is 9.68. The first kappa shape index (κ1) is 9.74. The van der Waals surface area contributed by atoms with Crippen molar-refractivity contribution in [2.45, 2.75) is 6.42 Å². The Morgan fingerprint density at radius 3 is 2.46 bits per heavy atom. The summed E-state index contributed by atoms with van der Waals surface area (Å²) in [5, 5.41) is 11.2. The molecule has 0 bridgehead atoms. The summed E-state index contributed by atoms with van der Waals surface area (Å²) in [5.41, 5.74) is 1.77. The third kappa shape index (κ3) is 3.25. The second-order valence-corrected chi connectivity index (χ2v) is 2.72. The lowest BCUT2D eigenvalue weighted by atomic mass is 10.1. The minimum Gasteiger partial charge on any atom is -0.396 e. The maximum Gasteiger partial charge on any atom is 0.224 e. The van der Waals surface area contributed by atoms with Gasteiger partial charge in [0.05, 0.1) is 0 Å². The second kappa shape index (κ2) is 4.62. The number of hydrogen-bond donors (Lipinski definition) is 2. The molecule has 1 amide bonds. The second-order valence-electron chi connectivity index (χ2n) is 2.72. The lowest BCUT2D eigenvalue weighted by Crippen LogP contribution is -2.05. The molecule has 1 aromatic rings. The van der Waals surface area contributed by atoms with E-state index in [1.165, 1.54) is 0 Å². The maximum atomic E-state index is 10.6. The summed E-state index contributed by atoms with van der Waals surface area (Å²) in [4.78, 5) is 10.6. The zero-order valence-corrected chi connectivity index (χ0v) is 7.29. The number of carbonyl (C=O) groups excluding carboxylic acids is 1. The summed E-state index contributed by atoms with van der Waals surface area (Å²) >= 11 is 0. The average molecular weight is 178 g/mol. The Kier molecular flexibility index (Phi) is 3.46. The predicted molar refractivity (Wildman–Crippen MR) is 51.2 cm³/mol. The molecule has 0 unspecified atom stereocenters. The number of rotatable bonds is 3. The first-order valence-corrected chi connectivity index (χ1v) is 4.05. The van der Waals surface area contributed by atoms with E-state index in [0.717, 1.165) is 11.3 Å². The van der Waals surface area contributed by atoms with E-state index in [1.54, 1.807) is 12.1 Å². The van der Waals surface area contributed by atoms with Gasteiger partial charge in [0, 0.05) is 19.2 Å². The fourth-order valence-corrected chi connectivity index (χ4v) is 1.04. The highest BCUT2D eigenvalue weighted by Gasteiger charge is 1.95. The molecule has 0 saturated heterocycles. The number of amides is 1. The average Bonchev–Trinajstić information content (AvgIpc) is 2.08. The Balaban J connectivity index is 2.64. The molecule has 2 N–H and O–H groups in total. The van der Waals surface area contributed by atoms with Gasteiger partial charge in [-0.25, -0.2) is 0 Å². The van der Waals surface area contributed by atoms with E-state index < -0.39 is 0 Å². The number of nitrogens with one attached hydrogen (secondary N) is 1. The van der Waals surface area contributed by atoms with E-state index in [4.69, 9.17) is 5.11 Å². The fraction of sp³-hybridized carbons (Fsp3) is 0.200. The van der Waals surface area contributed by atoms with Crippen molar-refractivity contribution in [3.8, 4) is 0 Å². The van der Waals surface area contributed by atoms with Crippen LogP contribution >= 0.6 is 0 Å². The lowest BCUT2D eigenvalue weighted by molar-refractivity contribution is -0.112. The monoisotopic (exact) mass is 178 g/mol. The minimum atomic E-state index is -0.324. The summed E-state index contributed by atoms with van der Waals surface area (Å²) in [6, 6.07) is 7.30. The molecule has 1 radical (unpaired) electrons. The van der Waals surface area contributed by atoms with Crippen molar-refractivity contribution < 1.29 is 9.90 Å². The van der Waals surface area contributed by atoms with Crippen LogP contribution in [0.1, 0.15) is 5.56 Å². The van der Waals surface area contributed by atoms with Crippen molar-refractivity contribution in [1.29, 1.82) is 0 Å². The van der Waals surface area contributed by atoms with E-state index in [9.17, 15) is 4.79 Å². The molecule has 0 aliphatic heterocycles. The van der Waals surface area contributed by atoms with Crippen LogP contribution in [0.15, 0.2) is 24.3 Å². The molecule has 0 aromatic heterocycles. The molecule has 13 heavy (non-hydrogen) atoms. The molecule has 0 heterocycles. The fourth-order valence-electron chi connectivity index (χ4n) is 1.04. The first-order valence-electron chi connectivity index (χ1n) is 4.05. The van der Waals surface area contributed by atoms with E-state index >= 15 is 0 Å². The van der Waals surface area contributed by atoms with Gasteiger partial charge in [-0.3, -0.25) is 4.79 Å². The van der Waals surface area contributed by atoms with Crippen LogP contribution < -0.4 is 5.32 Å². The lowest BCUT2D eigenvalue weighted by Gasteiger charge is -2.02. The molecule has 0 aliphatic rings. The molecule has 1 aromatic carbocycles. The van der Waals surface area contributed by atoms with Crippen molar-refractivity contribution in [2.24, 2.45) is 0 Å². The van der Waals surface area contributed by atoms with E-state index in [2.05, 4.69) is 12.2 Å². The first-order chi connectivity index (χ1) is 6.22. The topological polar surface area (TPSA) is 49.3 Å². The smallest absolute Gasteiger partial charge is 0.224 e. The number of anilines is 1. The van der Waals surface area contributed by atoms with Gasteiger partial charge in [0.25, 0.3) is 0 Å². The third-order valence-electron chi connectivity index (χ3n) is 1.64. The Bertz CT molecular complexity index is 279. The van der Waals surface area contributed by atoms with Crippen LogP contribution in [-0.4, -0.2) is 17.6 Å². The highest BCUT2D eigenvalue weighted by Crippen LogP contribution is 2.09. The van der Waals surface area contributed by atoms with Gasteiger partial charge in [0.1, 0.15) is 0 Å². The standard InChI is InChI=1S/C10H12NO2/c1-8(13)11-10-4-2-9(3-5-10)6-7-12/h2-5,12H,1,6-7H2,(H,11,13). The van der Waals surface area contributed by atoms with Crippen molar-refractivity contribution >= 4 is 11.6 Å². The quantitative estimate of drug-likeness (QED) is 0.725. The van der Waals surface area contributed by atoms with Crippen LogP contribution in [0.25, 0.3) is 0 Å².